The largest absolute Gasteiger partial charge is 0.352 e. The molecule has 0 saturated heterocycles. The number of hydrogen-bond donors (Lipinski definition) is 1. The zero-order valence-corrected chi connectivity index (χ0v) is 25.2. The van der Waals surface area contributed by atoms with E-state index >= 15 is 0 Å². The van der Waals surface area contributed by atoms with Crippen LogP contribution in [0.3, 0.4) is 0 Å². The number of benzene rings is 3. The van der Waals surface area contributed by atoms with Crippen LogP contribution < -0.4 is 9.62 Å². The Labute approximate surface area is 240 Å². The molecule has 0 bridgehead atoms. The van der Waals surface area contributed by atoms with E-state index in [1.165, 1.54) is 4.90 Å². The van der Waals surface area contributed by atoms with Crippen LogP contribution in [0.15, 0.2) is 83.3 Å². The van der Waals surface area contributed by atoms with Crippen LogP contribution in [0.5, 0.6) is 0 Å². The van der Waals surface area contributed by atoms with Crippen molar-refractivity contribution >= 4 is 43.5 Å². The van der Waals surface area contributed by atoms with E-state index < -0.39 is 28.5 Å². The van der Waals surface area contributed by atoms with Crippen LogP contribution >= 0.6 is 15.9 Å². The summed E-state index contributed by atoms with van der Waals surface area (Å²) in [5.41, 5.74) is 3.17. The van der Waals surface area contributed by atoms with E-state index in [-0.39, 0.29) is 24.9 Å². The average molecular weight is 615 g/mol. The first-order chi connectivity index (χ1) is 18.5. The van der Waals surface area contributed by atoms with Gasteiger partial charge in [-0.05, 0) is 59.5 Å². The van der Waals surface area contributed by atoms with Gasteiger partial charge in [0.05, 0.1) is 11.9 Å². The maximum atomic E-state index is 14.1. The van der Waals surface area contributed by atoms with Crippen LogP contribution in [0.25, 0.3) is 0 Å². The van der Waals surface area contributed by atoms with Crippen LogP contribution in [-0.4, -0.2) is 50.0 Å². The number of carbonyl (C=O) groups excluding carboxylic acids is 2. The second-order valence-electron chi connectivity index (χ2n) is 9.75. The summed E-state index contributed by atoms with van der Waals surface area (Å²) < 4.78 is 27.4. The van der Waals surface area contributed by atoms with Crippen molar-refractivity contribution in [2.75, 3.05) is 17.1 Å². The molecule has 7 nitrogen and oxygen atoms in total. The third-order valence-electron chi connectivity index (χ3n) is 6.55. The summed E-state index contributed by atoms with van der Waals surface area (Å²) in [4.78, 5) is 29.2. The van der Waals surface area contributed by atoms with Gasteiger partial charge in [-0.3, -0.25) is 13.9 Å². The maximum Gasteiger partial charge on any atom is 0.244 e. The predicted octanol–water partition coefficient (Wildman–Crippen LogP) is 5.08. The smallest absolute Gasteiger partial charge is 0.244 e. The Kier molecular flexibility index (Phi) is 10.7. The Balaban J connectivity index is 2.06. The van der Waals surface area contributed by atoms with Crippen molar-refractivity contribution in [1.82, 2.24) is 10.2 Å². The number of sulfonamides is 1. The van der Waals surface area contributed by atoms with Crippen molar-refractivity contribution in [3.05, 3.63) is 100 Å². The zero-order valence-electron chi connectivity index (χ0n) is 22.8. The molecule has 0 aliphatic carbocycles. The number of nitrogens with one attached hydrogen (secondary N) is 1. The van der Waals surface area contributed by atoms with E-state index in [2.05, 4.69) is 21.2 Å². The van der Waals surface area contributed by atoms with Gasteiger partial charge in [0.15, 0.2) is 0 Å². The summed E-state index contributed by atoms with van der Waals surface area (Å²) >= 11 is 3.41. The summed E-state index contributed by atoms with van der Waals surface area (Å²) in [5, 5.41) is 3.03. The fourth-order valence-corrected chi connectivity index (χ4v) is 5.61. The van der Waals surface area contributed by atoms with Gasteiger partial charge >= 0.3 is 0 Å². The van der Waals surface area contributed by atoms with Gasteiger partial charge in [-0.25, -0.2) is 8.42 Å². The van der Waals surface area contributed by atoms with Gasteiger partial charge in [0.25, 0.3) is 0 Å². The quantitative estimate of drug-likeness (QED) is 0.309. The van der Waals surface area contributed by atoms with Crippen molar-refractivity contribution in [1.29, 1.82) is 0 Å². The van der Waals surface area contributed by atoms with E-state index in [4.69, 9.17) is 0 Å². The molecule has 9 heteroatoms. The molecule has 208 valence electrons. The first-order valence-electron chi connectivity index (χ1n) is 12.9. The Morgan fingerprint density at radius 3 is 2.13 bits per heavy atom. The standard InChI is InChI=1S/C30H36BrN3O4S/c1-5-23(3)32-30(36)28(19-24-11-7-6-8-12-24)33(20-25-17-15-22(2)16-18-25)29(35)21-34(39(4,37)38)27-14-10-9-13-26(27)31/h6-18,23,28H,5,19-21H2,1-4H3,(H,32,36)/t23-,28+/m1/s1. The van der Waals surface area contributed by atoms with Gasteiger partial charge in [-0.15, -0.1) is 0 Å². The lowest BCUT2D eigenvalue weighted by molar-refractivity contribution is -0.140. The van der Waals surface area contributed by atoms with Crippen molar-refractivity contribution in [3.8, 4) is 0 Å². The molecule has 3 aromatic carbocycles. The first-order valence-corrected chi connectivity index (χ1v) is 15.5. The molecule has 0 aliphatic rings. The van der Waals surface area contributed by atoms with Gasteiger partial charge in [0.1, 0.15) is 12.6 Å². The molecule has 2 amide bonds. The second-order valence-corrected chi connectivity index (χ2v) is 12.5. The van der Waals surface area contributed by atoms with Crippen molar-refractivity contribution < 1.29 is 18.0 Å². The second kappa shape index (κ2) is 13.8. The highest BCUT2D eigenvalue weighted by atomic mass is 79.9. The predicted molar refractivity (Wildman–Crippen MR) is 160 cm³/mol. The average Bonchev–Trinajstić information content (AvgIpc) is 2.90. The van der Waals surface area contributed by atoms with Crippen LogP contribution in [0, 0.1) is 6.92 Å². The normalized spacial score (nSPS) is 12.8. The number of carbonyl (C=O) groups is 2. The lowest BCUT2D eigenvalue weighted by Gasteiger charge is -2.34. The van der Waals surface area contributed by atoms with Crippen LogP contribution in [0.2, 0.25) is 0 Å². The third kappa shape index (κ3) is 8.66. The van der Waals surface area contributed by atoms with Crippen LogP contribution in [0.4, 0.5) is 5.69 Å². The molecule has 0 radical (unpaired) electrons. The molecular weight excluding hydrogens is 578 g/mol. The molecule has 0 aliphatic heterocycles. The first kappa shape index (κ1) is 30.4. The molecule has 0 heterocycles. The summed E-state index contributed by atoms with van der Waals surface area (Å²) in [7, 11) is -3.82. The Morgan fingerprint density at radius 1 is 0.923 bits per heavy atom. The fraction of sp³-hybridized carbons (Fsp3) is 0.333. The summed E-state index contributed by atoms with van der Waals surface area (Å²) in [6.07, 6.45) is 2.09. The van der Waals surface area contributed by atoms with Crippen molar-refractivity contribution in [3.63, 3.8) is 0 Å². The van der Waals surface area contributed by atoms with Crippen molar-refractivity contribution in [2.45, 2.75) is 52.2 Å². The van der Waals surface area contributed by atoms with E-state index in [1.54, 1.807) is 24.3 Å². The molecule has 39 heavy (non-hydrogen) atoms. The van der Waals surface area contributed by atoms with Crippen LogP contribution in [-0.2, 0) is 32.6 Å². The number of halogens is 1. The third-order valence-corrected chi connectivity index (χ3v) is 8.34. The van der Waals surface area contributed by atoms with E-state index in [0.29, 0.717) is 10.2 Å². The molecule has 3 aromatic rings. The molecule has 1 N–H and O–H groups in total. The molecule has 0 fully saturated rings. The highest BCUT2D eigenvalue weighted by Gasteiger charge is 2.33. The van der Waals surface area contributed by atoms with Gasteiger partial charge < -0.3 is 10.2 Å². The molecule has 3 rings (SSSR count). The number of anilines is 1. The topological polar surface area (TPSA) is 86.8 Å². The minimum atomic E-state index is -3.82. The van der Waals surface area contributed by atoms with Gasteiger partial charge in [0.2, 0.25) is 21.8 Å². The fourth-order valence-electron chi connectivity index (χ4n) is 4.13. The van der Waals surface area contributed by atoms with E-state index in [9.17, 15) is 18.0 Å². The summed E-state index contributed by atoms with van der Waals surface area (Å²) in [5.74, 6) is -0.752. The Morgan fingerprint density at radius 2 is 1.54 bits per heavy atom. The number of para-hydroxylation sites is 1. The molecular formula is C30H36BrN3O4S. The number of rotatable bonds is 12. The van der Waals surface area contributed by atoms with Crippen LogP contribution in [0.1, 0.15) is 37.0 Å². The van der Waals surface area contributed by atoms with Gasteiger partial charge in [0, 0.05) is 23.5 Å². The van der Waals surface area contributed by atoms with Gasteiger partial charge in [-0.1, -0.05) is 79.2 Å². The summed E-state index contributed by atoms with van der Waals surface area (Å²) in [6, 6.07) is 23.2. The van der Waals surface area contributed by atoms with Gasteiger partial charge in [-0.2, -0.15) is 0 Å². The molecule has 0 saturated carbocycles. The molecule has 0 spiro atoms. The molecule has 0 unspecified atom stereocenters. The molecule has 0 aromatic heterocycles. The lowest BCUT2D eigenvalue weighted by Crippen LogP contribution is -2.54. The Hall–Kier alpha value is -3.17. The maximum absolute atomic E-state index is 14.1. The number of amides is 2. The molecule has 2 atom stereocenters. The minimum absolute atomic E-state index is 0.0834. The van der Waals surface area contributed by atoms with E-state index in [1.807, 2.05) is 75.4 Å². The van der Waals surface area contributed by atoms with E-state index in [0.717, 1.165) is 33.7 Å². The SMILES string of the molecule is CC[C@@H](C)NC(=O)[C@H](Cc1ccccc1)N(Cc1ccc(C)cc1)C(=O)CN(c1ccccc1Br)S(C)(=O)=O. The number of nitrogens with zero attached hydrogens (tertiary/aromatic N) is 2. The Bertz CT molecular complexity index is 1360. The highest BCUT2D eigenvalue weighted by Crippen LogP contribution is 2.28. The minimum Gasteiger partial charge on any atom is -0.352 e. The monoisotopic (exact) mass is 613 g/mol. The zero-order chi connectivity index (χ0) is 28.6. The highest BCUT2D eigenvalue weighted by molar-refractivity contribution is 9.10. The lowest BCUT2D eigenvalue weighted by atomic mass is 10.0. The number of aryl methyl sites for hydroxylation is 1. The summed E-state index contributed by atoms with van der Waals surface area (Å²) in [6.45, 7) is 5.58. The number of hydrogen-bond acceptors (Lipinski definition) is 4. The van der Waals surface area contributed by atoms with Crippen molar-refractivity contribution in [2.24, 2.45) is 0 Å².